The average Bonchev–Trinajstić information content (AvgIpc) is 3.23. The highest BCUT2D eigenvalue weighted by Crippen LogP contribution is 2.28. The third-order valence-corrected chi connectivity index (χ3v) is 5.76. The van der Waals surface area contributed by atoms with Gasteiger partial charge < -0.3 is 9.72 Å². The number of fused-ring (bicyclic) bond motifs is 1. The van der Waals surface area contributed by atoms with Crippen LogP contribution in [0.25, 0.3) is 11.6 Å². The molecule has 0 saturated heterocycles. The molecule has 1 aromatic carbocycles. The van der Waals surface area contributed by atoms with E-state index in [0.717, 1.165) is 64.1 Å². The molecule has 1 N–H and O–H groups in total. The predicted octanol–water partition coefficient (Wildman–Crippen LogP) is 6.26. The number of nitrogens with one attached hydrogen (secondary N) is 1. The average molecular weight is 430 g/mol. The van der Waals surface area contributed by atoms with Crippen LogP contribution in [0.2, 0.25) is 0 Å². The lowest BCUT2D eigenvalue weighted by Crippen LogP contribution is -2.08. The number of aromatic nitrogens is 1. The Kier molecular flexibility index (Phi) is 7.82. The van der Waals surface area contributed by atoms with E-state index < -0.39 is 0 Å². The van der Waals surface area contributed by atoms with Crippen molar-refractivity contribution < 1.29 is 14.3 Å². The largest absolute Gasteiger partial charge is 0.469 e. The number of esters is 1. The molecule has 0 fully saturated rings. The fourth-order valence-electron chi connectivity index (χ4n) is 4.01. The molecule has 0 saturated carbocycles. The fraction of sp³-hybridized carbons (Fsp3) is 0.286. The van der Waals surface area contributed by atoms with Crippen LogP contribution in [-0.4, -0.2) is 23.8 Å². The van der Waals surface area contributed by atoms with Gasteiger partial charge in [0, 0.05) is 23.4 Å². The van der Waals surface area contributed by atoms with Gasteiger partial charge in [-0.2, -0.15) is 0 Å². The van der Waals surface area contributed by atoms with Gasteiger partial charge in [0.15, 0.2) is 5.78 Å². The second-order valence-electron chi connectivity index (χ2n) is 7.95. The molecule has 0 radical (unpaired) electrons. The smallest absolute Gasteiger partial charge is 0.309 e. The van der Waals surface area contributed by atoms with Gasteiger partial charge in [0.2, 0.25) is 0 Å². The second-order valence-corrected chi connectivity index (χ2v) is 7.95. The lowest BCUT2D eigenvalue weighted by Gasteiger charge is -2.10. The van der Waals surface area contributed by atoms with Crippen molar-refractivity contribution >= 4 is 23.4 Å². The molecule has 0 atom stereocenters. The minimum absolute atomic E-state index is 0.212. The zero-order valence-electron chi connectivity index (χ0n) is 19.2. The number of ether oxygens (including phenoxy) is 1. The number of H-pyrrole nitrogens is 1. The van der Waals surface area contributed by atoms with E-state index in [-0.39, 0.29) is 18.2 Å². The number of carbonyl (C=O) groups excluding carboxylic acids is 2. The van der Waals surface area contributed by atoms with E-state index in [1.54, 1.807) is 0 Å². The Morgan fingerprint density at radius 2 is 2.03 bits per heavy atom. The maximum atomic E-state index is 12.3. The van der Waals surface area contributed by atoms with Crippen molar-refractivity contribution in [2.75, 3.05) is 7.11 Å². The van der Waals surface area contributed by atoms with Gasteiger partial charge in [-0.05, 0) is 66.2 Å². The number of hydrogen-bond donors (Lipinski definition) is 1. The number of ketones is 1. The first kappa shape index (κ1) is 23.3. The van der Waals surface area contributed by atoms with Crippen LogP contribution in [0.3, 0.4) is 0 Å². The standard InChI is InChI=1S/C28H31NO3/c1-5-10-23(26-18-24-25(29-26)13-9-14-27(24)30)15-19(3)20(6-2)16-21-11-7-8-12-22(21)17-28(31)32-4/h5,7-8,10-12,15-16,18,29H,3,6,9,13-14,17H2,1-2,4H3/b10-5-,20-16+,23-15+. The first-order valence-electron chi connectivity index (χ1n) is 11.1. The highest BCUT2D eigenvalue weighted by molar-refractivity contribution is 5.99. The molecular formula is C28H31NO3. The van der Waals surface area contributed by atoms with Crippen molar-refractivity contribution in [1.82, 2.24) is 4.98 Å². The topological polar surface area (TPSA) is 59.2 Å². The summed E-state index contributed by atoms with van der Waals surface area (Å²) in [6.45, 7) is 8.39. The van der Waals surface area contributed by atoms with E-state index in [0.29, 0.717) is 6.42 Å². The van der Waals surface area contributed by atoms with Crippen LogP contribution in [0.4, 0.5) is 0 Å². The molecule has 32 heavy (non-hydrogen) atoms. The number of aryl methyl sites for hydroxylation is 1. The third kappa shape index (κ3) is 5.44. The summed E-state index contributed by atoms with van der Waals surface area (Å²) in [5.41, 5.74) is 7.65. The van der Waals surface area contributed by atoms with E-state index in [2.05, 4.69) is 30.6 Å². The summed E-state index contributed by atoms with van der Waals surface area (Å²) in [6.07, 6.45) is 11.6. The number of benzene rings is 1. The van der Waals surface area contributed by atoms with Gasteiger partial charge in [0.25, 0.3) is 0 Å². The minimum atomic E-state index is -0.261. The normalized spacial score (nSPS) is 14.5. The maximum absolute atomic E-state index is 12.3. The van der Waals surface area contributed by atoms with Gasteiger partial charge >= 0.3 is 5.97 Å². The van der Waals surface area contributed by atoms with Gasteiger partial charge in [-0.15, -0.1) is 0 Å². The van der Waals surface area contributed by atoms with Gasteiger partial charge in [0.05, 0.1) is 13.5 Å². The van der Waals surface area contributed by atoms with E-state index in [1.807, 2.05) is 49.4 Å². The highest BCUT2D eigenvalue weighted by atomic mass is 16.5. The van der Waals surface area contributed by atoms with Crippen LogP contribution >= 0.6 is 0 Å². The molecule has 0 spiro atoms. The van der Waals surface area contributed by atoms with Crippen LogP contribution in [0.1, 0.15) is 66.0 Å². The SMILES string of the molecule is C=C(/C=C(\C=C/C)c1cc2c([nH]1)CCCC2=O)/C(=C/c1ccccc1CC(=O)OC)CC. The summed E-state index contributed by atoms with van der Waals surface area (Å²) >= 11 is 0. The van der Waals surface area contributed by atoms with Crippen LogP contribution in [0.15, 0.2) is 66.3 Å². The number of rotatable bonds is 8. The van der Waals surface area contributed by atoms with Crippen LogP contribution in [-0.2, 0) is 22.4 Å². The Morgan fingerprint density at radius 1 is 1.25 bits per heavy atom. The molecule has 0 aliphatic heterocycles. The highest BCUT2D eigenvalue weighted by Gasteiger charge is 2.20. The van der Waals surface area contributed by atoms with Crippen LogP contribution in [0, 0.1) is 0 Å². The zero-order valence-corrected chi connectivity index (χ0v) is 19.2. The van der Waals surface area contributed by atoms with Gasteiger partial charge in [-0.25, -0.2) is 0 Å². The Hall–Kier alpha value is -3.40. The molecule has 4 heteroatoms. The Morgan fingerprint density at radius 3 is 2.72 bits per heavy atom. The van der Waals surface area contributed by atoms with Crippen molar-refractivity contribution in [3.8, 4) is 0 Å². The first-order chi connectivity index (χ1) is 15.5. The predicted molar refractivity (Wildman–Crippen MR) is 130 cm³/mol. The summed E-state index contributed by atoms with van der Waals surface area (Å²) in [4.78, 5) is 27.5. The summed E-state index contributed by atoms with van der Waals surface area (Å²) in [6, 6.07) is 9.80. The summed E-state index contributed by atoms with van der Waals surface area (Å²) < 4.78 is 4.84. The molecule has 166 valence electrons. The molecule has 1 aromatic heterocycles. The summed E-state index contributed by atoms with van der Waals surface area (Å²) in [5.74, 6) is -0.0491. The van der Waals surface area contributed by atoms with Crippen molar-refractivity contribution in [3.63, 3.8) is 0 Å². The number of hydrogen-bond acceptors (Lipinski definition) is 3. The quantitative estimate of drug-likeness (QED) is 0.398. The molecule has 4 nitrogen and oxygen atoms in total. The van der Waals surface area contributed by atoms with Crippen LogP contribution < -0.4 is 0 Å². The second kappa shape index (κ2) is 10.8. The fourth-order valence-corrected chi connectivity index (χ4v) is 4.01. The molecule has 2 aromatic rings. The number of allylic oxidation sites excluding steroid dienone is 6. The Labute approximate surface area is 190 Å². The van der Waals surface area contributed by atoms with Crippen molar-refractivity contribution in [2.45, 2.75) is 46.0 Å². The molecule has 3 rings (SSSR count). The van der Waals surface area contributed by atoms with E-state index >= 15 is 0 Å². The maximum Gasteiger partial charge on any atom is 0.309 e. The van der Waals surface area contributed by atoms with Gasteiger partial charge in [0.1, 0.15) is 0 Å². The van der Waals surface area contributed by atoms with E-state index in [9.17, 15) is 9.59 Å². The number of Topliss-reactive ketones (excluding diaryl/α,β-unsaturated/α-hetero) is 1. The number of carbonyl (C=O) groups is 2. The lowest BCUT2D eigenvalue weighted by atomic mass is 9.95. The Bertz CT molecular complexity index is 1110. The lowest BCUT2D eigenvalue weighted by molar-refractivity contribution is -0.139. The molecule has 0 bridgehead atoms. The number of aromatic amines is 1. The van der Waals surface area contributed by atoms with E-state index in [1.165, 1.54) is 7.11 Å². The summed E-state index contributed by atoms with van der Waals surface area (Å²) in [7, 11) is 1.40. The Balaban J connectivity index is 1.95. The minimum Gasteiger partial charge on any atom is -0.469 e. The molecular weight excluding hydrogens is 398 g/mol. The van der Waals surface area contributed by atoms with Crippen LogP contribution in [0.5, 0.6) is 0 Å². The first-order valence-corrected chi connectivity index (χ1v) is 11.1. The third-order valence-electron chi connectivity index (χ3n) is 5.76. The van der Waals surface area contributed by atoms with E-state index in [4.69, 9.17) is 4.74 Å². The zero-order chi connectivity index (χ0) is 23.1. The molecule has 0 unspecified atom stereocenters. The molecule has 1 heterocycles. The molecule has 1 aliphatic rings. The number of methoxy groups -OCH3 is 1. The molecule has 0 amide bonds. The van der Waals surface area contributed by atoms with Crippen molar-refractivity contribution in [2.24, 2.45) is 0 Å². The monoisotopic (exact) mass is 429 g/mol. The molecule has 1 aliphatic carbocycles. The van der Waals surface area contributed by atoms with Crippen molar-refractivity contribution in [3.05, 3.63) is 94.4 Å². The van der Waals surface area contributed by atoms with Gasteiger partial charge in [-0.1, -0.05) is 56.0 Å². The van der Waals surface area contributed by atoms with Crippen molar-refractivity contribution in [1.29, 1.82) is 0 Å². The summed E-state index contributed by atoms with van der Waals surface area (Å²) in [5, 5.41) is 0. The van der Waals surface area contributed by atoms with Gasteiger partial charge in [-0.3, -0.25) is 9.59 Å².